The molecule has 1 heteroatoms. The van der Waals surface area contributed by atoms with Crippen LogP contribution in [-0.4, -0.2) is 6.29 Å². The summed E-state index contributed by atoms with van der Waals surface area (Å²) in [5, 5.41) is 0. The number of rotatable bonds is 2. The van der Waals surface area contributed by atoms with E-state index < -0.39 is 0 Å². The number of carbonyl (C=O) groups excluding carboxylic acids is 1. The molecule has 0 radical (unpaired) electrons. The highest BCUT2D eigenvalue weighted by atomic mass is 16.1. The van der Waals surface area contributed by atoms with Gasteiger partial charge in [0.05, 0.1) is 0 Å². The Hall–Kier alpha value is -0.330. The molecule has 0 aromatic carbocycles. The fourth-order valence-corrected chi connectivity index (χ4v) is 3.03. The molecule has 2 fully saturated rings. The maximum Gasteiger partial charge on any atom is 0.123 e. The molecule has 2 aliphatic carbocycles. The first kappa shape index (κ1) is 7.33. The molecule has 1 nitrogen and oxygen atoms in total. The Bertz CT molecular complexity index is 164. The number of aldehydes is 1. The molecule has 2 rings (SSSR count). The van der Waals surface area contributed by atoms with E-state index in [2.05, 4.69) is 13.8 Å². The maximum atomic E-state index is 10.5. The van der Waals surface area contributed by atoms with Gasteiger partial charge in [0.1, 0.15) is 6.29 Å². The van der Waals surface area contributed by atoms with Crippen LogP contribution in [0.3, 0.4) is 0 Å². The maximum absolute atomic E-state index is 10.5. The molecule has 0 amide bonds. The van der Waals surface area contributed by atoms with Crippen LogP contribution in [0, 0.1) is 29.6 Å². The first-order valence-corrected chi connectivity index (χ1v) is 4.69. The van der Waals surface area contributed by atoms with Crippen LogP contribution in [-0.2, 0) is 4.79 Å². The smallest absolute Gasteiger partial charge is 0.123 e. The van der Waals surface area contributed by atoms with Crippen molar-refractivity contribution in [3.63, 3.8) is 0 Å². The van der Waals surface area contributed by atoms with E-state index in [1.807, 2.05) is 0 Å². The van der Waals surface area contributed by atoms with Crippen LogP contribution in [0.5, 0.6) is 0 Å². The summed E-state index contributed by atoms with van der Waals surface area (Å²) in [5.41, 5.74) is 0. The van der Waals surface area contributed by atoms with Gasteiger partial charge in [-0.3, -0.25) is 0 Å². The zero-order valence-corrected chi connectivity index (χ0v) is 7.29. The Morgan fingerprint density at radius 3 is 2.36 bits per heavy atom. The predicted molar refractivity (Wildman–Crippen MR) is 44.1 cm³/mol. The first-order valence-electron chi connectivity index (χ1n) is 4.69. The van der Waals surface area contributed by atoms with Crippen molar-refractivity contribution in [2.75, 3.05) is 0 Å². The Morgan fingerprint density at radius 2 is 1.91 bits per heavy atom. The van der Waals surface area contributed by atoms with E-state index in [1.54, 1.807) is 0 Å². The third kappa shape index (κ3) is 1.02. The Kier molecular flexibility index (Phi) is 1.55. The lowest BCUT2D eigenvalue weighted by atomic mass is 9.95. The Labute approximate surface area is 68.2 Å². The zero-order chi connectivity index (χ0) is 8.01. The molecule has 0 bridgehead atoms. The molecule has 0 saturated heterocycles. The van der Waals surface area contributed by atoms with Crippen molar-refractivity contribution in [1.82, 2.24) is 0 Å². The lowest BCUT2D eigenvalue weighted by Gasteiger charge is -2.09. The molecular weight excluding hydrogens is 136 g/mol. The lowest BCUT2D eigenvalue weighted by molar-refractivity contribution is -0.111. The Balaban J connectivity index is 1.92. The molecule has 11 heavy (non-hydrogen) atoms. The van der Waals surface area contributed by atoms with Crippen LogP contribution in [0.25, 0.3) is 0 Å². The monoisotopic (exact) mass is 152 g/mol. The molecule has 0 aromatic heterocycles. The first-order chi connectivity index (χ1) is 5.24. The molecule has 2 aliphatic rings. The van der Waals surface area contributed by atoms with Gasteiger partial charge >= 0.3 is 0 Å². The molecule has 2 saturated carbocycles. The van der Waals surface area contributed by atoms with Gasteiger partial charge in [-0.25, -0.2) is 0 Å². The van der Waals surface area contributed by atoms with Gasteiger partial charge in [0, 0.05) is 5.92 Å². The van der Waals surface area contributed by atoms with Crippen molar-refractivity contribution < 1.29 is 4.79 Å². The van der Waals surface area contributed by atoms with Gasteiger partial charge in [-0.05, 0) is 36.5 Å². The minimum Gasteiger partial charge on any atom is -0.303 e. The van der Waals surface area contributed by atoms with Crippen LogP contribution in [0.15, 0.2) is 0 Å². The number of hydrogen-bond acceptors (Lipinski definition) is 1. The minimum absolute atomic E-state index is 0.331. The third-order valence-corrected chi connectivity index (χ3v) is 3.57. The fraction of sp³-hybridized carbons (Fsp3) is 0.900. The van der Waals surface area contributed by atoms with E-state index in [1.165, 1.54) is 12.8 Å². The molecule has 0 spiro atoms. The second kappa shape index (κ2) is 2.33. The molecule has 0 heterocycles. The highest BCUT2D eigenvalue weighted by Crippen LogP contribution is 2.61. The molecule has 62 valence electrons. The van der Waals surface area contributed by atoms with E-state index in [-0.39, 0.29) is 0 Å². The third-order valence-electron chi connectivity index (χ3n) is 3.57. The summed E-state index contributed by atoms with van der Waals surface area (Å²) < 4.78 is 0. The summed E-state index contributed by atoms with van der Waals surface area (Å²) in [5.74, 6) is 3.87. The lowest BCUT2D eigenvalue weighted by Crippen LogP contribution is -2.06. The number of fused-ring (bicyclic) bond motifs is 1. The van der Waals surface area contributed by atoms with Crippen LogP contribution in [0.1, 0.15) is 26.7 Å². The number of hydrogen-bond donors (Lipinski definition) is 0. The topological polar surface area (TPSA) is 17.1 Å². The summed E-state index contributed by atoms with van der Waals surface area (Å²) in [7, 11) is 0. The van der Waals surface area contributed by atoms with Crippen molar-refractivity contribution in [1.29, 1.82) is 0 Å². The van der Waals surface area contributed by atoms with E-state index in [0.717, 1.165) is 30.0 Å². The molecular formula is C10H16O. The average molecular weight is 152 g/mol. The van der Waals surface area contributed by atoms with Crippen molar-refractivity contribution >= 4 is 6.29 Å². The van der Waals surface area contributed by atoms with Gasteiger partial charge in [-0.2, -0.15) is 0 Å². The van der Waals surface area contributed by atoms with E-state index in [0.29, 0.717) is 5.92 Å². The molecule has 0 N–H and O–H groups in total. The standard InChI is InChI=1S/C10H16O/c1-6-3-8-9(4-6)10(8)7(2)5-11/h5-10H,3-4H2,1-2H3/t6?,7?,8-,9+,10?. The van der Waals surface area contributed by atoms with Crippen molar-refractivity contribution in [3.8, 4) is 0 Å². The molecule has 5 atom stereocenters. The van der Waals surface area contributed by atoms with Crippen LogP contribution < -0.4 is 0 Å². The summed E-state index contributed by atoms with van der Waals surface area (Å²) in [6.07, 6.45) is 3.90. The highest BCUT2D eigenvalue weighted by Gasteiger charge is 2.56. The Morgan fingerprint density at radius 1 is 1.36 bits per heavy atom. The van der Waals surface area contributed by atoms with Gasteiger partial charge in [-0.1, -0.05) is 13.8 Å². The van der Waals surface area contributed by atoms with E-state index >= 15 is 0 Å². The quantitative estimate of drug-likeness (QED) is 0.554. The largest absolute Gasteiger partial charge is 0.303 e. The minimum atomic E-state index is 0.331. The van der Waals surface area contributed by atoms with Crippen LogP contribution in [0.2, 0.25) is 0 Å². The SMILES string of the molecule is CC1C[C@@H]2C(C(C)C=O)[C@@H]2C1. The summed E-state index contributed by atoms with van der Waals surface area (Å²) in [4.78, 5) is 10.5. The van der Waals surface area contributed by atoms with Crippen molar-refractivity contribution in [2.45, 2.75) is 26.7 Å². The van der Waals surface area contributed by atoms with Gasteiger partial charge in [0.15, 0.2) is 0 Å². The number of carbonyl (C=O) groups is 1. The zero-order valence-electron chi connectivity index (χ0n) is 7.29. The average Bonchev–Trinajstić information content (AvgIpc) is 2.48. The van der Waals surface area contributed by atoms with Gasteiger partial charge in [-0.15, -0.1) is 0 Å². The summed E-state index contributed by atoms with van der Waals surface area (Å²) >= 11 is 0. The van der Waals surface area contributed by atoms with Crippen LogP contribution in [0.4, 0.5) is 0 Å². The van der Waals surface area contributed by atoms with Crippen LogP contribution >= 0.6 is 0 Å². The van der Waals surface area contributed by atoms with Gasteiger partial charge < -0.3 is 4.79 Å². The van der Waals surface area contributed by atoms with Crippen molar-refractivity contribution in [3.05, 3.63) is 0 Å². The van der Waals surface area contributed by atoms with Gasteiger partial charge in [0.2, 0.25) is 0 Å². The van der Waals surface area contributed by atoms with E-state index in [9.17, 15) is 4.79 Å². The molecule has 0 aliphatic heterocycles. The predicted octanol–water partition coefficient (Wildman–Crippen LogP) is 2.11. The summed E-state index contributed by atoms with van der Waals surface area (Å²) in [6.45, 7) is 4.40. The van der Waals surface area contributed by atoms with Crippen molar-refractivity contribution in [2.24, 2.45) is 29.6 Å². The van der Waals surface area contributed by atoms with E-state index in [4.69, 9.17) is 0 Å². The second-order valence-corrected chi connectivity index (χ2v) is 4.48. The highest BCUT2D eigenvalue weighted by molar-refractivity contribution is 5.54. The van der Waals surface area contributed by atoms with Gasteiger partial charge in [0.25, 0.3) is 0 Å². The normalized spacial score (nSPS) is 50.0. The second-order valence-electron chi connectivity index (χ2n) is 4.48. The molecule has 3 unspecified atom stereocenters. The fourth-order valence-electron chi connectivity index (χ4n) is 3.03. The molecule has 0 aromatic rings. The summed E-state index contributed by atoms with van der Waals surface area (Å²) in [6, 6.07) is 0.